The number of ether oxygens (including phenoxy) is 2. The quantitative estimate of drug-likeness (QED) is 0.740. The second-order valence-electron chi connectivity index (χ2n) is 4.68. The van der Waals surface area contributed by atoms with Crippen LogP contribution in [0.1, 0.15) is 5.56 Å². The fourth-order valence-corrected chi connectivity index (χ4v) is 2.34. The maximum Gasteiger partial charge on any atom is 0.129 e. The summed E-state index contributed by atoms with van der Waals surface area (Å²) < 4.78 is 11.2. The number of hydrogen-bond acceptors (Lipinski definition) is 5. The van der Waals surface area contributed by atoms with Gasteiger partial charge in [-0.2, -0.15) is 0 Å². The third-order valence-corrected chi connectivity index (χ3v) is 3.46. The van der Waals surface area contributed by atoms with E-state index in [9.17, 15) is 0 Å². The number of nitrogens with zero attached hydrogens (tertiary/aromatic N) is 1. The third kappa shape index (κ3) is 4.14. The maximum absolute atomic E-state index is 9.10. The first-order valence-electron chi connectivity index (χ1n) is 6.67. The van der Waals surface area contributed by atoms with Crippen LogP contribution < -0.4 is 10.5 Å². The minimum absolute atomic E-state index is 0.0572. The van der Waals surface area contributed by atoms with Crippen LogP contribution in [0.4, 0.5) is 0 Å². The fraction of sp³-hybridized carbons (Fsp3) is 0.500. The van der Waals surface area contributed by atoms with Gasteiger partial charge in [-0.15, -0.1) is 0 Å². The monoisotopic (exact) mass is 296 g/mol. The smallest absolute Gasteiger partial charge is 0.129 e. The molecule has 1 heterocycles. The van der Waals surface area contributed by atoms with E-state index in [0.717, 1.165) is 25.2 Å². The van der Waals surface area contributed by atoms with Crippen LogP contribution in [0, 0.1) is 0 Å². The largest absolute Gasteiger partial charge is 0.492 e. The molecule has 0 aromatic heterocycles. The van der Waals surface area contributed by atoms with Gasteiger partial charge in [-0.25, -0.2) is 0 Å². The van der Waals surface area contributed by atoms with Gasteiger partial charge in [0, 0.05) is 19.6 Å². The number of morpholine rings is 1. The molecule has 2 rings (SSSR count). The summed E-state index contributed by atoms with van der Waals surface area (Å²) in [6, 6.07) is 7.50. The summed E-state index contributed by atoms with van der Waals surface area (Å²) in [6.45, 7) is 3.63. The topological polar surface area (TPSA) is 68.0 Å². The van der Waals surface area contributed by atoms with E-state index in [2.05, 4.69) is 4.90 Å². The van der Waals surface area contributed by atoms with Crippen molar-refractivity contribution in [2.45, 2.75) is 6.10 Å². The Labute approximate surface area is 124 Å². The Morgan fingerprint density at radius 1 is 1.50 bits per heavy atom. The van der Waals surface area contributed by atoms with Gasteiger partial charge in [0.1, 0.15) is 17.3 Å². The van der Waals surface area contributed by atoms with E-state index in [0.29, 0.717) is 24.0 Å². The molecule has 1 aromatic carbocycles. The van der Waals surface area contributed by atoms with Crippen LogP contribution in [-0.2, 0) is 4.74 Å². The van der Waals surface area contributed by atoms with E-state index in [1.807, 2.05) is 24.3 Å². The highest BCUT2D eigenvalue weighted by atomic mass is 32.1. The molecule has 1 saturated heterocycles. The van der Waals surface area contributed by atoms with Crippen LogP contribution in [0.5, 0.6) is 5.75 Å². The Balaban J connectivity index is 1.82. The third-order valence-electron chi connectivity index (χ3n) is 3.24. The average Bonchev–Trinajstić information content (AvgIpc) is 2.48. The van der Waals surface area contributed by atoms with Crippen molar-refractivity contribution in [3.8, 4) is 5.75 Å². The molecule has 5 nitrogen and oxygen atoms in total. The van der Waals surface area contributed by atoms with Gasteiger partial charge in [0.15, 0.2) is 0 Å². The first kappa shape index (κ1) is 15.2. The molecule has 0 bridgehead atoms. The summed E-state index contributed by atoms with van der Waals surface area (Å²) in [6.07, 6.45) is -0.0901. The standard InChI is InChI=1S/C14H20N2O3S/c15-14(20)12-3-1-2-4-13(12)19-8-6-16-5-7-18-11(9-16)10-17/h1-4,11,17H,5-10H2,(H2,15,20). The number of nitrogens with two attached hydrogens (primary N) is 1. The average molecular weight is 296 g/mol. The zero-order valence-corrected chi connectivity index (χ0v) is 12.1. The van der Waals surface area contributed by atoms with Crippen LogP contribution in [0.25, 0.3) is 0 Å². The van der Waals surface area contributed by atoms with Crippen molar-refractivity contribution < 1.29 is 14.6 Å². The molecule has 0 spiro atoms. The van der Waals surface area contributed by atoms with E-state index in [-0.39, 0.29) is 12.7 Å². The van der Waals surface area contributed by atoms with Crippen molar-refractivity contribution in [3.05, 3.63) is 29.8 Å². The van der Waals surface area contributed by atoms with Crippen molar-refractivity contribution >= 4 is 17.2 Å². The Morgan fingerprint density at radius 2 is 2.30 bits per heavy atom. The van der Waals surface area contributed by atoms with Crippen molar-refractivity contribution in [2.75, 3.05) is 39.5 Å². The minimum Gasteiger partial charge on any atom is -0.492 e. The second kappa shape index (κ2) is 7.54. The highest BCUT2D eigenvalue weighted by Gasteiger charge is 2.19. The molecule has 0 amide bonds. The Morgan fingerprint density at radius 3 is 3.05 bits per heavy atom. The summed E-state index contributed by atoms with van der Waals surface area (Å²) in [7, 11) is 0. The number of thiocarbonyl (C=S) groups is 1. The molecule has 1 atom stereocenters. The highest BCUT2D eigenvalue weighted by Crippen LogP contribution is 2.17. The number of para-hydroxylation sites is 1. The lowest BCUT2D eigenvalue weighted by atomic mass is 10.2. The van der Waals surface area contributed by atoms with Crippen LogP contribution >= 0.6 is 12.2 Å². The highest BCUT2D eigenvalue weighted by molar-refractivity contribution is 7.80. The summed E-state index contributed by atoms with van der Waals surface area (Å²) in [5.41, 5.74) is 6.42. The molecular formula is C14H20N2O3S. The molecule has 6 heteroatoms. The summed E-state index contributed by atoms with van der Waals surface area (Å²) in [5, 5.41) is 9.10. The van der Waals surface area contributed by atoms with Gasteiger partial charge in [0.05, 0.1) is 24.9 Å². The van der Waals surface area contributed by atoms with Gasteiger partial charge in [-0.05, 0) is 12.1 Å². The maximum atomic E-state index is 9.10. The number of rotatable bonds is 6. The lowest BCUT2D eigenvalue weighted by molar-refractivity contribution is -0.0547. The summed E-state index contributed by atoms with van der Waals surface area (Å²) in [4.78, 5) is 2.56. The molecule has 1 aromatic rings. The molecular weight excluding hydrogens is 276 g/mol. The first-order chi connectivity index (χ1) is 9.70. The van der Waals surface area contributed by atoms with Crippen molar-refractivity contribution in [3.63, 3.8) is 0 Å². The molecule has 1 unspecified atom stereocenters. The predicted molar refractivity (Wildman–Crippen MR) is 81.1 cm³/mol. The van der Waals surface area contributed by atoms with Crippen molar-refractivity contribution in [1.29, 1.82) is 0 Å². The molecule has 20 heavy (non-hydrogen) atoms. The number of hydrogen-bond donors (Lipinski definition) is 2. The van der Waals surface area contributed by atoms with E-state index in [4.69, 9.17) is 32.5 Å². The summed E-state index contributed by atoms with van der Waals surface area (Å²) >= 11 is 5.00. The minimum atomic E-state index is -0.0901. The lowest BCUT2D eigenvalue weighted by Gasteiger charge is -2.31. The summed E-state index contributed by atoms with van der Waals surface area (Å²) in [5.74, 6) is 0.715. The van der Waals surface area contributed by atoms with Crippen LogP contribution in [0.2, 0.25) is 0 Å². The lowest BCUT2D eigenvalue weighted by Crippen LogP contribution is -2.45. The SMILES string of the molecule is NC(=S)c1ccccc1OCCN1CCOC(CO)C1. The number of aliphatic hydroxyl groups excluding tert-OH is 1. The molecule has 110 valence electrons. The zero-order chi connectivity index (χ0) is 14.4. The van der Waals surface area contributed by atoms with Crippen molar-refractivity contribution in [1.82, 2.24) is 4.90 Å². The molecule has 0 aliphatic carbocycles. The Bertz CT molecular complexity index is 456. The van der Waals surface area contributed by atoms with Crippen molar-refractivity contribution in [2.24, 2.45) is 5.73 Å². The molecule has 0 radical (unpaired) electrons. The van der Waals surface area contributed by atoms with Gasteiger partial charge in [0.2, 0.25) is 0 Å². The Kier molecular flexibility index (Phi) is 5.72. The van der Waals surface area contributed by atoms with Gasteiger partial charge >= 0.3 is 0 Å². The van der Waals surface area contributed by atoms with Crippen LogP contribution in [-0.4, -0.2) is 60.6 Å². The van der Waals surface area contributed by atoms with Gasteiger partial charge < -0.3 is 20.3 Å². The predicted octanol–water partition coefficient (Wildman–Crippen LogP) is 0.393. The second-order valence-corrected chi connectivity index (χ2v) is 5.12. The van der Waals surface area contributed by atoms with E-state index in [1.54, 1.807) is 0 Å². The van der Waals surface area contributed by atoms with Gasteiger partial charge in [-0.3, -0.25) is 4.90 Å². The molecule has 1 aliphatic rings. The number of benzene rings is 1. The molecule has 1 fully saturated rings. The fourth-order valence-electron chi connectivity index (χ4n) is 2.17. The van der Waals surface area contributed by atoms with Gasteiger partial charge in [-0.1, -0.05) is 24.4 Å². The zero-order valence-electron chi connectivity index (χ0n) is 11.3. The van der Waals surface area contributed by atoms with Gasteiger partial charge in [0.25, 0.3) is 0 Å². The van der Waals surface area contributed by atoms with E-state index in [1.165, 1.54) is 0 Å². The number of aliphatic hydroxyl groups is 1. The van der Waals surface area contributed by atoms with E-state index >= 15 is 0 Å². The molecule has 3 N–H and O–H groups in total. The Hall–Kier alpha value is -1.21. The molecule has 0 saturated carbocycles. The van der Waals surface area contributed by atoms with Crippen LogP contribution in [0.15, 0.2) is 24.3 Å². The normalized spacial score (nSPS) is 19.8. The van der Waals surface area contributed by atoms with E-state index < -0.39 is 0 Å². The first-order valence-corrected chi connectivity index (χ1v) is 7.08. The molecule has 1 aliphatic heterocycles. The van der Waals surface area contributed by atoms with Crippen LogP contribution in [0.3, 0.4) is 0 Å².